The summed E-state index contributed by atoms with van der Waals surface area (Å²) in [5, 5.41) is 10.9. The zero-order valence-electron chi connectivity index (χ0n) is 21.5. The maximum atomic E-state index is 10.9. The second-order valence-electron chi connectivity index (χ2n) is 14.8. The topological polar surface area (TPSA) is 46.2 Å². The molecule has 4 saturated carbocycles. The highest BCUT2D eigenvalue weighted by Gasteiger charge is 2.67. The van der Waals surface area contributed by atoms with Gasteiger partial charge < -0.3 is 10.8 Å². The Morgan fingerprint density at radius 1 is 0.839 bits per heavy atom. The molecule has 0 aromatic heterocycles. The summed E-state index contributed by atoms with van der Waals surface area (Å²) in [6.07, 6.45) is 14.8. The van der Waals surface area contributed by atoms with Crippen LogP contribution in [0.2, 0.25) is 0 Å². The molecule has 0 aromatic carbocycles. The van der Waals surface area contributed by atoms with Gasteiger partial charge in [-0.15, -0.1) is 0 Å². The van der Waals surface area contributed by atoms with Crippen molar-refractivity contribution >= 4 is 0 Å². The van der Waals surface area contributed by atoms with Crippen molar-refractivity contribution in [1.82, 2.24) is 0 Å². The van der Waals surface area contributed by atoms with Crippen LogP contribution in [0.15, 0.2) is 11.6 Å². The van der Waals surface area contributed by atoms with E-state index in [2.05, 4.69) is 54.5 Å². The number of fused-ring (bicyclic) bond motifs is 7. The number of allylic oxidation sites excluding steroid dienone is 1. The first-order valence-corrected chi connectivity index (χ1v) is 13.4. The average molecular weight is 428 g/mol. The number of hydrogen-bond acceptors (Lipinski definition) is 2. The van der Waals surface area contributed by atoms with Crippen LogP contribution >= 0.6 is 0 Å². The van der Waals surface area contributed by atoms with Gasteiger partial charge >= 0.3 is 0 Å². The summed E-state index contributed by atoms with van der Waals surface area (Å²) in [4.78, 5) is 0. The molecule has 0 amide bonds. The van der Waals surface area contributed by atoms with E-state index in [1.54, 1.807) is 5.57 Å². The molecule has 0 aromatic rings. The van der Waals surface area contributed by atoms with Gasteiger partial charge in [-0.05, 0) is 109 Å². The van der Waals surface area contributed by atoms with Crippen molar-refractivity contribution in [2.24, 2.45) is 50.6 Å². The number of hydrogen-bond donors (Lipinski definition) is 2. The van der Waals surface area contributed by atoms with Crippen molar-refractivity contribution in [2.75, 3.05) is 0 Å². The second-order valence-corrected chi connectivity index (χ2v) is 14.8. The van der Waals surface area contributed by atoms with Gasteiger partial charge in [0.15, 0.2) is 0 Å². The predicted molar refractivity (Wildman–Crippen MR) is 130 cm³/mol. The van der Waals surface area contributed by atoms with E-state index in [-0.39, 0.29) is 22.5 Å². The van der Waals surface area contributed by atoms with Gasteiger partial charge in [-0.3, -0.25) is 0 Å². The molecule has 8 atom stereocenters. The lowest BCUT2D eigenvalue weighted by molar-refractivity contribution is -0.200. The van der Waals surface area contributed by atoms with Crippen molar-refractivity contribution in [1.29, 1.82) is 0 Å². The summed E-state index contributed by atoms with van der Waals surface area (Å²) in [5.41, 5.74) is 10.4. The molecule has 2 heteroatoms. The third kappa shape index (κ3) is 2.76. The molecule has 2 nitrogen and oxygen atoms in total. The Balaban J connectivity index is 1.57. The molecule has 0 saturated heterocycles. The van der Waals surface area contributed by atoms with Gasteiger partial charge in [-0.1, -0.05) is 60.1 Å². The Morgan fingerprint density at radius 3 is 2.23 bits per heavy atom. The van der Waals surface area contributed by atoms with Gasteiger partial charge in [0.1, 0.15) is 0 Å². The van der Waals surface area contributed by atoms with Crippen molar-refractivity contribution in [2.45, 2.75) is 124 Å². The van der Waals surface area contributed by atoms with Gasteiger partial charge in [0.25, 0.3) is 0 Å². The molecule has 0 heterocycles. The van der Waals surface area contributed by atoms with E-state index in [9.17, 15) is 5.11 Å². The van der Waals surface area contributed by atoms with Crippen molar-refractivity contribution in [3.63, 3.8) is 0 Å². The molecule has 0 aliphatic heterocycles. The van der Waals surface area contributed by atoms with Crippen molar-refractivity contribution in [3.8, 4) is 0 Å². The molecule has 0 radical (unpaired) electrons. The molecule has 0 spiro atoms. The Morgan fingerprint density at radius 2 is 1.52 bits per heavy atom. The summed E-state index contributed by atoms with van der Waals surface area (Å²) in [5.74, 6) is 1.93. The monoisotopic (exact) mass is 427 g/mol. The molecule has 31 heavy (non-hydrogen) atoms. The lowest BCUT2D eigenvalue weighted by Crippen LogP contribution is -2.66. The molecule has 4 fully saturated rings. The molecule has 176 valence electrons. The number of aliphatic hydroxyl groups excluding tert-OH is 1. The standard InChI is InChI=1S/C29H49NO/c1-24(2)14-16-29(30)17-15-27(6)19(20(29)18-24)8-9-22-26(5)12-11-23(31)25(3,4)21(26)10-13-28(22,27)7/h8,20-23,31H,9-18,30H2,1-7H3/t20-,21-,22+,23-,26-,27+,28+,29-/m0/s1. The van der Waals surface area contributed by atoms with Gasteiger partial charge in [-0.25, -0.2) is 0 Å². The highest BCUT2D eigenvalue weighted by Crippen LogP contribution is 2.74. The first-order chi connectivity index (χ1) is 14.2. The molecular formula is C29H49NO. The van der Waals surface area contributed by atoms with Gasteiger partial charge in [0, 0.05) is 5.54 Å². The minimum absolute atomic E-state index is 0.0299. The number of aliphatic hydroxyl groups is 1. The van der Waals surface area contributed by atoms with Crippen LogP contribution in [0, 0.1) is 44.8 Å². The Bertz CT molecular complexity index is 797. The molecule has 0 unspecified atom stereocenters. The fourth-order valence-corrected chi connectivity index (χ4v) is 10.3. The maximum absolute atomic E-state index is 10.9. The fraction of sp³-hybridized carbons (Fsp3) is 0.931. The van der Waals surface area contributed by atoms with E-state index in [0.29, 0.717) is 28.1 Å². The summed E-state index contributed by atoms with van der Waals surface area (Å²) < 4.78 is 0. The SMILES string of the molecule is CC1(C)CC[C@]2(N)CC[C@]3(C)C(=CC[C@@H]4[C@@]5(C)CC[C@H](O)C(C)(C)[C@@H]5CC[C@]43C)[C@@H]2C1. The second kappa shape index (κ2) is 6.41. The Labute approximate surface area is 191 Å². The van der Waals surface area contributed by atoms with Crippen LogP contribution in [0.1, 0.15) is 113 Å². The van der Waals surface area contributed by atoms with E-state index in [1.807, 2.05) is 0 Å². The van der Waals surface area contributed by atoms with E-state index in [0.717, 1.165) is 12.3 Å². The van der Waals surface area contributed by atoms with Crippen molar-refractivity contribution < 1.29 is 5.11 Å². The zero-order valence-corrected chi connectivity index (χ0v) is 21.5. The fourth-order valence-electron chi connectivity index (χ4n) is 10.3. The largest absolute Gasteiger partial charge is 0.393 e. The van der Waals surface area contributed by atoms with Crippen LogP contribution in [0.25, 0.3) is 0 Å². The summed E-state index contributed by atoms with van der Waals surface area (Å²) >= 11 is 0. The first-order valence-electron chi connectivity index (χ1n) is 13.4. The highest BCUT2D eigenvalue weighted by atomic mass is 16.3. The number of nitrogens with two attached hydrogens (primary N) is 1. The minimum Gasteiger partial charge on any atom is -0.393 e. The van der Waals surface area contributed by atoms with Gasteiger partial charge in [0.05, 0.1) is 6.10 Å². The first kappa shape index (κ1) is 22.5. The van der Waals surface area contributed by atoms with E-state index >= 15 is 0 Å². The maximum Gasteiger partial charge on any atom is 0.0594 e. The quantitative estimate of drug-likeness (QED) is 0.415. The van der Waals surface area contributed by atoms with Crippen LogP contribution in [0.5, 0.6) is 0 Å². The third-order valence-electron chi connectivity index (χ3n) is 12.7. The van der Waals surface area contributed by atoms with E-state index in [4.69, 9.17) is 5.73 Å². The average Bonchev–Trinajstić information content (AvgIpc) is 2.67. The van der Waals surface area contributed by atoms with Crippen LogP contribution < -0.4 is 5.73 Å². The Hall–Kier alpha value is -0.340. The molecule has 5 aliphatic rings. The zero-order chi connectivity index (χ0) is 22.7. The molecule has 0 bridgehead atoms. The highest BCUT2D eigenvalue weighted by molar-refractivity contribution is 5.34. The smallest absolute Gasteiger partial charge is 0.0594 e. The molecule has 3 N–H and O–H groups in total. The lowest BCUT2D eigenvalue weighted by Gasteiger charge is -2.71. The Kier molecular flexibility index (Phi) is 4.64. The van der Waals surface area contributed by atoms with E-state index < -0.39 is 0 Å². The van der Waals surface area contributed by atoms with Crippen LogP contribution in [-0.4, -0.2) is 16.7 Å². The van der Waals surface area contributed by atoms with Crippen LogP contribution in [-0.2, 0) is 0 Å². The summed E-state index contributed by atoms with van der Waals surface area (Å²) in [6, 6.07) is 0. The van der Waals surface area contributed by atoms with Crippen LogP contribution in [0.3, 0.4) is 0 Å². The summed E-state index contributed by atoms with van der Waals surface area (Å²) in [6.45, 7) is 17.5. The normalized spacial score (nSPS) is 55.2. The number of rotatable bonds is 0. The predicted octanol–water partition coefficient (Wildman–Crippen LogP) is 6.86. The molecular weight excluding hydrogens is 378 g/mol. The van der Waals surface area contributed by atoms with Crippen LogP contribution in [0.4, 0.5) is 0 Å². The van der Waals surface area contributed by atoms with E-state index in [1.165, 1.54) is 57.8 Å². The third-order valence-corrected chi connectivity index (χ3v) is 12.7. The molecule has 5 aliphatic carbocycles. The summed E-state index contributed by atoms with van der Waals surface area (Å²) in [7, 11) is 0. The lowest BCUT2D eigenvalue weighted by atomic mass is 9.34. The van der Waals surface area contributed by atoms with Gasteiger partial charge in [-0.2, -0.15) is 0 Å². The molecule has 5 rings (SSSR count). The minimum atomic E-state index is -0.141. The van der Waals surface area contributed by atoms with Crippen molar-refractivity contribution in [3.05, 3.63) is 11.6 Å². The van der Waals surface area contributed by atoms with Gasteiger partial charge in [0.2, 0.25) is 0 Å².